The molecule has 0 bridgehead atoms. The van der Waals surface area contributed by atoms with E-state index >= 15 is 0 Å². The number of halogens is 2. The van der Waals surface area contributed by atoms with Gasteiger partial charge in [-0.2, -0.15) is 0 Å². The molecule has 0 spiro atoms. The standard InChI is InChI=1S/C14H16BrFN2S/c1-8-5-10(15)11(16)6-13(8)18-14-17-12-4-2-3-9(12)7-19-14/h5-6,9,12H,2-4,7H2,1H3,(H,17,18). The van der Waals surface area contributed by atoms with E-state index in [-0.39, 0.29) is 5.82 Å². The van der Waals surface area contributed by atoms with Crippen molar-refractivity contribution in [3.63, 3.8) is 0 Å². The third kappa shape index (κ3) is 2.82. The van der Waals surface area contributed by atoms with Gasteiger partial charge in [0.1, 0.15) is 5.82 Å². The Bertz CT molecular complexity index is 532. The minimum Gasteiger partial charge on any atom is -0.335 e. The van der Waals surface area contributed by atoms with Crippen LogP contribution in [0.5, 0.6) is 0 Å². The highest BCUT2D eigenvalue weighted by atomic mass is 79.9. The fourth-order valence-electron chi connectivity index (χ4n) is 2.72. The monoisotopic (exact) mass is 342 g/mol. The first-order valence-corrected chi connectivity index (χ1v) is 8.34. The molecule has 3 rings (SSSR count). The lowest BCUT2D eigenvalue weighted by Crippen LogP contribution is -2.25. The lowest BCUT2D eigenvalue weighted by atomic mass is 10.1. The number of nitrogens with zero attached hydrogens (tertiary/aromatic N) is 1. The molecule has 1 fully saturated rings. The van der Waals surface area contributed by atoms with E-state index in [9.17, 15) is 4.39 Å². The van der Waals surface area contributed by atoms with Crippen molar-refractivity contribution >= 4 is 38.5 Å². The summed E-state index contributed by atoms with van der Waals surface area (Å²) in [4.78, 5) is 4.77. The molecular weight excluding hydrogens is 327 g/mol. The highest BCUT2D eigenvalue weighted by Gasteiger charge is 2.31. The molecule has 2 nitrogen and oxygen atoms in total. The normalized spacial score (nSPS) is 25.9. The van der Waals surface area contributed by atoms with Crippen LogP contribution in [0.2, 0.25) is 0 Å². The first kappa shape index (κ1) is 13.4. The number of hydrogen-bond acceptors (Lipinski definition) is 3. The predicted molar refractivity (Wildman–Crippen MR) is 83.5 cm³/mol. The van der Waals surface area contributed by atoms with Gasteiger partial charge in [0.2, 0.25) is 0 Å². The molecule has 1 saturated carbocycles. The molecule has 1 aromatic carbocycles. The van der Waals surface area contributed by atoms with Crippen LogP contribution in [0.1, 0.15) is 24.8 Å². The average Bonchev–Trinajstić information content (AvgIpc) is 2.83. The number of rotatable bonds is 1. The van der Waals surface area contributed by atoms with E-state index < -0.39 is 0 Å². The van der Waals surface area contributed by atoms with Crippen LogP contribution in [0.3, 0.4) is 0 Å². The molecular formula is C14H16BrFN2S. The summed E-state index contributed by atoms with van der Waals surface area (Å²) in [7, 11) is 0. The molecule has 19 heavy (non-hydrogen) atoms. The van der Waals surface area contributed by atoms with Gasteiger partial charge in [-0.25, -0.2) is 4.39 Å². The zero-order valence-corrected chi connectivity index (χ0v) is 13.2. The highest BCUT2D eigenvalue weighted by Crippen LogP contribution is 2.36. The van der Waals surface area contributed by atoms with E-state index in [1.165, 1.54) is 25.3 Å². The number of anilines is 1. The molecule has 1 aromatic rings. The van der Waals surface area contributed by atoms with Crippen LogP contribution in [-0.4, -0.2) is 17.0 Å². The smallest absolute Gasteiger partial charge is 0.161 e. The highest BCUT2D eigenvalue weighted by molar-refractivity contribution is 9.10. The molecule has 0 radical (unpaired) electrons. The molecule has 0 amide bonds. The van der Waals surface area contributed by atoms with E-state index in [0.29, 0.717) is 10.5 Å². The largest absolute Gasteiger partial charge is 0.335 e. The number of nitrogens with one attached hydrogen (secondary N) is 1. The summed E-state index contributed by atoms with van der Waals surface area (Å²) < 4.78 is 14.1. The van der Waals surface area contributed by atoms with Crippen molar-refractivity contribution < 1.29 is 4.39 Å². The summed E-state index contributed by atoms with van der Waals surface area (Å²) in [6.07, 6.45) is 3.79. The second-order valence-electron chi connectivity index (χ2n) is 5.21. The number of amidine groups is 1. The number of thioether (sulfide) groups is 1. The second kappa shape index (κ2) is 5.44. The first-order chi connectivity index (χ1) is 9.13. The van der Waals surface area contributed by atoms with Gasteiger partial charge in [0.25, 0.3) is 0 Å². The van der Waals surface area contributed by atoms with E-state index in [1.807, 2.05) is 6.92 Å². The van der Waals surface area contributed by atoms with Crippen molar-refractivity contribution in [2.45, 2.75) is 32.2 Å². The Labute approximate surface area is 125 Å². The van der Waals surface area contributed by atoms with Gasteiger partial charge in [-0.1, -0.05) is 18.2 Å². The van der Waals surface area contributed by atoms with Crippen molar-refractivity contribution in [3.05, 3.63) is 28.0 Å². The summed E-state index contributed by atoms with van der Waals surface area (Å²) in [5.41, 5.74) is 1.83. The van der Waals surface area contributed by atoms with Crippen molar-refractivity contribution in [3.8, 4) is 0 Å². The molecule has 1 aliphatic carbocycles. The average molecular weight is 343 g/mol. The summed E-state index contributed by atoms with van der Waals surface area (Å²) in [6.45, 7) is 1.97. The first-order valence-electron chi connectivity index (χ1n) is 6.57. The maximum atomic E-state index is 13.6. The van der Waals surface area contributed by atoms with Crippen LogP contribution >= 0.6 is 27.7 Å². The Morgan fingerprint density at radius 1 is 1.42 bits per heavy atom. The fourth-order valence-corrected chi connectivity index (χ4v) is 4.33. The van der Waals surface area contributed by atoms with Crippen LogP contribution in [0, 0.1) is 18.7 Å². The van der Waals surface area contributed by atoms with Gasteiger partial charge < -0.3 is 5.32 Å². The van der Waals surface area contributed by atoms with Gasteiger partial charge in [-0.3, -0.25) is 4.99 Å². The maximum absolute atomic E-state index is 13.6. The topological polar surface area (TPSA) is 24.4 Å². The molecule has 2 unspecified atom stereocenters. The zero-order chi connectivity index (χ0) is 13.4. The van der Waals surface area contributed by atoms with Crippen LogP contribution in [0.4, 0.5) is 10.1 Å². The Morgan fingerprint density at radius 3 is 3.11 bits per heavy atom. The molecule has 2 atom stereocenters. The van der Waals surface area contributed by atoms with E-state index in [0.717, 1.165) is 28.1 Å². The lowest BCUT2D eigenvalue weighted by molar-refractivity contribution is 0.535. The molecule has 0 aromatic heterocycles. The molecule has 1 N–H and O–H groups in total. The van der Waals surface area contributed by atoms with Gasteiger partial charge in [0.05, 0.1) is 10.5 Å². The van der Waals surface area contributed by atoms with E-state index in [2.05, 4.69) is 21.2 Å². The number of hydrogen-bond donors (Lipinski definition) is 1. The Kier molecular flexibility index (Phi) is 3.85. The van der Waals surface area contributed by atoms with Gasteiger partial charge in [-0.15, -0.1) is 0 Å². The minimum atomic E-state index is -0.242. The number of fused-ring (bicyclic) bond motifs is 1. The van der Waals surface area contributed by atoms with Crippen LogP contribution < -0.4 is 5.32 Å². The Morgan fingerprint density at radius 2 is 2.26 bits per heavy atom. The molecule has 0 saturated heterocycles. The van der Waals surface area contributed by atoms with Crippen molar-refractivity contribution in [1.82, 2.24) is 0 Å². The van der Waals surface area contributed by atoms with E-state index in [1.54, 1.807) is 17.8 Å². The van der Waals surface area contributed by atoms with Gasteiger partial charge in [0, 0.05) is 11.4 Å². The molecule has 5 heteroatoms. The lowest BCUT2D eigenvalue weighted by Gasteiger charge is -2.24. The van der Waals surface area contributed by atoms with Crippen LogP contribution in [0.25, 0.3) is 0 Å². The second-order valence-corrected chi connectivity index (χ2v) is 7.07. The third-order valence-electron chi connectivity index (χ3n) is 3.85. The number of aliphatic imine (C=N–C) groups is 1. The maximum Gasteiger partial charge on any atom is 0.161 e. The van der Waals surface area contributed by atoms with Gasteiger partial charge in [-0.05, 0) is 59.3 Å². The predicted octanol–water partition coefficient (Wildman–Crippen LogP) is 4.58. The summed E-state index contributed by atoms with van der Waals surface area (Å²) in [5, 5.41) is 4.22. The van der Waals surface area contributed by atoms with Gasteiger partial charge >= 0.3 is 0 Å². The van der Waals surface area contributed by atoms with Crippen molar-refractivity contribution in [2.24, 2.45) is 10.9 Å². The SMILES string of the molecule is Cc1cc(Br)c(F)cc1NC1=NC2CCCC2CS1. The van der Waals surface area contributed by atoms with Crippen LogP contribution in [0.15, 0.2) is 21.6 Å². The Hall–Kier alpha value is -0.550. The molecule has 1 heterocycles. The number of benzene rings is 1. The minimum absolute atomic E-state index is 0.242. The number of aryl methyl sites for hydroxylation is 1. The summed E-state index contributed by atoms with van der Waals surface area (Å²) in [5.74, 6) is 1.64. The summed E-state index contributed by atoms with van der Waals surface area (Å²) in [6, 6.07) is 3.80. The molecule has 2 aliphatic rings. The Balaban J connectivity index is 1.80. The summed E-state index contributed by atoms with van der Waals surface area (Å²) >= 11 is 4.96. The molecule has 1 aliphatic heterocycles. The van der Waals surface area contributed by atoms with Gasteiger partial charge in [0.15, 0.2) is 5.17 Å². The van der Waals surface area contributed by atoms with Crippen LogP contribution in [-0.2, 0) is 0 Å². The molecule has 102 valence electrons. The quantitative estimate of drug-likeness (QED) is 0.807. The zero-order valence-electron chi connectivity index (χ0n) is 10.7. The van der Waals surface area contributed by atoms with Crippen molar-refractivity contribution in [1.29, 1.82) is 0 Å². The van der Waals surface area contributed by atoms with Crippen molar-refractivity contribution in [2.75, 3.05) is 11.1 Å². The van der Waals surface area contributed by atoms with E-state index in [4.69, 9.17) is 4.99 Å². The third-order valence-corrected chi connectivity index (χ3v) is 5.53. The fraction of sp³-hybridized carbons (Fsp3) is 0.500.